The number of phenols is 1. The fourth-order valence-corrected chi connectivity index (χ4v) is 2.82. The molecule has 0 spiro atoms. The summed E-state index contributed by atoms with van der Waals surface area (Å²) in [5, 5.41) is 10.7. The fraction of sp³-hybridized carbons (Fsp3) is 0.375. The van der Waals surface area contributed by atoms with Gasteiger partial charge in [-0.15, -0.1) is 0 Å². The van der Waals surface area contributed by atoms with Crippen molar-refractivity contribution in [2.75, 3.05) is 0 Å². The van der Waals surface area contributed by atoms with Crippen molar-refractivity contribution >= 4 is 16.8 Å². The van der Waals surface area contributed by atoms with Crippen LogP contribution < -0.4 is 10.4 Å². The van der Waals surface area contributed by atoms with Crippen molar-refractivity contribution in [1.82, 2.24) is 0 Å². The van der Waals surface area contributed by atoms with E-state index in [0.717, 1.165) is 6.42 Å². The van der Waals surface area contributed by atoms with Gasteiger partial charge in [0, 0.05) is 18.6 Å². The Morgan fingerprint density at radius 1 is 1.33 bits per heavy atom. The molecule has 1 aliphatic rings. The van der Waals surface area contributed by atoms with Gasteiger partial charge in [-0.25, -0.2) is 4.79 Å². The average Bonchev–Trinajstić information content (AvgIpc) is 2.36. The number of Topliss-reactive ketones (excluding diaryl/α,β-unsaturated/α-hetero) is 1. The third kappa shape index (κ3) is 2.18. The summed E-state index contributed by atoms with van der Waals surface area (Å²) in [5.74, 6) is 0.115. The lowest BCUT2D eigenvalue weighted by atomic mass is 9.95. The highest BCUT2D eigenvalue weighted by atomic mass is 16.5. The smallest absolute Gasteiger partial charge is 0.336 e. The largest absolute Gasteiger partial charge is 0.507 e. The maximum absolute atomic E-state index is 12.3. The van der Waals surface area contributed by atoms with Crippen LogP contribution >= 0.6 is 0 Å². The number of ether oxygens (including phenoxy) is 1. The van der Waals surface area contributed by atoms with Crippen LogP contribution in [0, 0.1) is 0 Å². The molecule has 1 unspecified atom stereocenters. The Balaban J connectivity index is 2.40. The number of phenolic OH excluding ortho intramolecular Hbond substituents is 1. The lowest BCUT2D eigenvalue weighted by Crippen LogP contribution is -2.24. The summed E-state index contributed by atoms with van der Waals surface area (Å²) in [4.78, 5) is 24.0. The van der Waals surface area contributed by atoms with E-state index in [4.69, 9.17) is 9.15 Å². The van der Waals surface area contributed by atoms with Gasteiger partial charge in [-0.05, 0) is 18.9 Å². The molecule has 5 nitrogen and oxygen atoms in total. The van der Waals surface area contributed by atoms with E-state index in [1.165, 1.54) is 12.1 Å². The molecule has 1 N–H and O–H groups in total. The number of benzene rings is 1. The number of rotatable bonds is 2. The second-order valence-corrected chi connectivity index (χ2v) is 5.37. The minimum absolute atomic E-state index is 0.0298. The van der Waals surface area contributed by atoms with E-state index in [9.17, 15) is 14.7 Å². The summed E-state index contributed by atoms with van der Waals surface area (Å²) in [6.45, 7) is 3.76. The number of hydrogen-bond acceptors (Lipinski definition) is 5. The van der Waals surface area contributed by atoms with Crippen LogP contribution in [0.15, 0.2) is 21.3 Å². The first-order valence-electron chi connectivity index (χ1n) is 7.03. The second kappa shape index (κ2) is 4.91. The van der Waals surface area contributed by atoms with Crippen LogP contribution in [0.3, 0.4) is 0 Å². The van der Waals surface area contributed by atoms with Crippen molar-refractivity contribution < 1.29 is 19.1 Å². The summed E-state index contributed by atoms with van der Waals surface area (Å²) in [5.41, 5.74) is 0.564. The summed E-state index contributed by atoms with van der Waals surface area (Å²) in [7, 11) is 0. The highest BCUT2D eigenvalue weighted by Crippen LogP contribution is 2.40. The molecule has 2 aromatic rings. The number of carbonyl (C=O) groups is 1. The van der Waals surface area contributed by atoms with E-state index in [2.05, 4.69) is 0 Å². The Morgan fingerprint density at radius 3 is 2.81 bits per heavy atom. The number of carbonyl (C=O) groups excluding carboxylic acids is 1. The Bertz CT molecular complexity index is 787. The van der Waals surface area contributed by atoms with Gasteiger partial charge in [-0.1, -0.05) is 13.3 Å². The zero-order valence-electron chi connectivity index (χ0n) is 11.9. The third-order valence-electron chi connectivity index (χ3n) is 3.64. The predicted molar refractivity (Wildman–Crippen MR) is 77.2 cm³/mol. The Hall–Kier alpha value is -2.30. The van der Waals surface area contributed by atoms with Crippen LogP contribution in [0.5, 0.6) is 11.5 Å². The molecule has 2 heterocycles. The van der Waals surface area contributed by atoms with E-state index in [1.807, 2.05) is 6.92 Å². The summed E-state index contributed by atoms with van der Waals surface area (Å²) < 4.78 is 10.8. The fourth-order valence-electron chi connectivity index (χ4n) is 2.82. The highest BCUT2D eigenvalue weighted by Gasteiger charge is 2.29. The number of ketones is 1. The maximum Gasteiger partial charge on any atom is 0.336 e. The van der Waals surface area contributed by atoms with Gasteiger partial charge >= 0.3 is 5.63 Å². The zero-order valence-corrected chi connectivity index (χ0v) is 11.9. The van der Waals surface area contributed by atoms with Crippen LogP contribution in [-0.4, -0.2) is 17.0 Å². The van der Waals surface area contributed by atoms with Crippen molar-refractivity contribution in [3.8, 4) is 11.5 Å². The third-order valence-corrected chi connectivity index (χ3v) is 3.64. The van der Waals surface area contributed by atoms with Gasteiger partial charge in [-0.3, -0.25) is 4.79 Å². The van der Waals surface area contributed by atoms with Gasteiger partial charge in [-0.2, -0.15) is 0 Å². The number of aryl methyl sites for hydroxylation is 1. The average molecular weight is 288 g/mol. The van der Waals surface area contributed by atoms with E-state index >= 15 is 0 Å². The molecule has 0 amide bonds. The maximum atomic E-state index is 12.3. The standard InChI is InChI=1S/C16H16O5/c1-3-4-9-6-13(19)21-16-14(9)11(18)7-12-15(16)10(17)5-8(2)20-12/h6-8,18H,3-5H2,1-2H3. The van der Waals surface area contributed by atoms with Crippen molar-refractivity contribution in [3.05, 3.63) is 33.7 Å². The van der Waals surface area contributed by atoms with E-state index in [-0.39, 0.29) is 41.0 Å². The second-order valence-electron chi connectivity index (χ2n) is 5.37. The molecule has 3 rings (SSSR count). The molecule has 0 aliphatic carbocycles. The molecule has 0 saturated heterocycles. The van der Waals surface area contributed by atoms with Gasteiger partial charge in [0.1, 0.15) is 23.2 Å². The number of aromatic hydroxyl groups is 1. The van der Waals surface area contributed by atoms with Crippen LogP contribution in [0.1, 0.15) is 42.6 Å². The topological polar surface area (TPSA) is 76.7 Å². The van der Waals surface area contributed by atoms with Crippen molar-refractivity contribution in [2.45, 2.75) is 39.2 Å². The molecule has 1 atom stereocenters. The lowest BCUT2D eigenvalue weighted by molar-refractivity contribution is 0.0871. The summed E-state index contributed by atoms with van der Waals surface area (Å²) in [6.07, 6.45) is 1.41. The quantitative estimate of drug-likeness (QED) is 0.860. The van der Waals surface area contributed by atoms with E-state index in [0.29, 0.717) is 17.4 Å². The molecule has 1 aromatic heterocycles. The van der Waals surface area contributed by atoms with Gasteiger partial charge in [0.15, 0.2) is 11.4 Å². The molecule has 0 bridgehead atoms. The Labute approximate surface area is 121 Å². The first-order valence-corrected chi connectivity index (χ1v) is 7.03. The molecule has 0 saturated carbocycles. The van der Waals surface area contributed by atoms with Gasteiger partial charge in [0.2, 0.25) is 0 Å². The van der Waals surface area contributed by atoms with Crippen LogP contribution in [0.25, 0.3) is 11.0 Å². The van der Waals surface area contributed by atoms with E-state index < -0.39 is 5.63 Å². The lowest BCUT2D eigenvalue weighted by Gasteiger charge is -2.23. The first-order chi connectivity index (χ1) is 10.0. The Kier molecular flexibility index (Phi) is 3.20. The normalized spacial score (nSPS) is 17.6. The molecular formula is C16H16O5. The van der Waals surface area contributed by atoms with Gasteiger partial charge in [0.25, 0.3) is 0 Å². The molecule has 21 heavy (non-hydrogen) atoms. The molecule has 0 radical (unpaired) electrons. The SMILES string of the molecule is CCCc1cc(=O)oc2c3c(cc(O)c12)OC(C)CC3=O. The highest BCUT2D eigenvalue weighted by molar-refractivity contribution is 6.11. The molecular weight excluding hydrogens is 272 g/mol. The molecule has 110 valence electrons. The van der Waals surface area contributed by atoms with Gasteiger partial charge in [0.05, 0.1) is 5.39 Å². The Morgan fingerprint density at radius 2 is 2.10 bits per heavy atom. The van der Waals surface area contributed by atoms with Gasteiger partial charge < -0.3 is 14.3 Å². The van der Waals surface area contributed by atoms with Crippen LogP contribution in [-0.2, 0) is 6.42 Å². The first kappa shape index (κ1) is 13.7. The number of hydrogen-bond donors (Lipinski definition) is 1. The van der Waals surface area contributed by atoms with E-state index in [1.54, 1.807) is 6.92 Å². The van der Waals surface area contributed by atoms with Crippen molar-refractivity contribution in [2.24, 2.45) is 0 Å². The van der Waals surface area contributed by atoms with Crippen LogP contribution in [0.4, 0.5) is 0 Å². The summed E-state index contributed by atoms with van der Waals surface area (Å²) in [6, 6.07) is 2.80. The minimum Gasteiger partial charge on any atom is -0.507 e. The van der Waals surface area contributed by atoms with Crippen molar-refractivity contribution in [1.29, 1.82) is 0 Å². The number of fused-ring (bicyclic) bond motifs is 3. The monoisotopic (exact) mass is 288 g/mol. The molecule has 1 aromatic carbocycles. The van der Waals surface area contributed by atoms with Crippen molar-refractivity contribution in [3.63, 3.8) is 0 Å². The predicted octanol–water partition coefficient (Wildman–Crippen LogP) is 2.80. The zero-order chi connectivity index (χ0) is 15.1. The van der Waals surface area contributed by atoms with Crippen LogP contribution in [0.2, 0.25) is 0 Å². The molecule has 1 aliphatic heterocycles. The molecule has 0 fully saturated rings. The summed E-state index contributed by atoms with van der Waals surface area (Å²) >= 11 is 0. The molecule has 5 heteroatoms. The minimum atomic E-state index is -0.523.